The molecular formula is C15H17N3O4S. The van der Waals surface area contributed by atoms with Crippen LogP contribution in [0.1, 0.15) is 23.6 Å². The summed E-state index contributed by atoms with van der Waals surface area (Å²) in [6.45, 7) is 2.08. The van der Waals surface area contributed by atoms with Crippen molar-refractivity contribution in [3.63, 3.8) is 0 Å². The number of aryl methyl sites for hydroxylation is 1. The van der Waals surface area contributed by atoms with Crippen molar-refractivity contribution in [1.82, 2.24) is 14.3 Å². The van der Waals surface area contributed by atoms with Crippen LogP contribution in [-0.4, -0.2) is 35.8 Å². The SMILES string of the molecule is Cc1[nH]c(=O)[nH]c(=O)c1S(=O)(=O)N1CCC(c2ccccc2)C1. The average Bonchev–Trinajstić information content (AvgIpc) is 2.97. The lowest BCUT2D eigenvalue weighted by atomic mass is 9.99. The molecule has 0 radical (unpaired) electrons. The number of rotatable bonds is 3. The van der Waals surface area contributed by atoms with Crippen LogP contribution in [0.15, 0.2) is 44.8 Å². The molecular weight excluding hydrogens is 318 g/mol. The van der Waals surface area contributed by atoms with Crippen molar-refractivity contribution < 1.29 is 8.42 Å². The number of aromatic nitrogens is 2. The fraction of sp³-hybridized carbons (Fsp3) is 0.333. The second-order valence-electron chi connectivity index (χ2n) is 5.62. The number of aromatic amines is 2. The van der Waals surface area contributed by atoms with Crippen LogP contribution >= 0.6 is 0 Å². The number of nitrogens with one attached hydrogen (secondary N) is 2. The van der Waals surface area contributed by atoms with Crippen LogP contribution in [0.25, 0.3) is 0 Å². The van der Waals surface area contributed by atoms with E-state index in [9.17, 15) is 18.0 Å². The van der Waals surface area contributed by atoms with E-state index in [1.807, 2.05) is 35.3 Å². The van der Waals surface area contributed by atoms with E-state index in [0.717, 1.165) is 5.56 Å². The highest BCUT2D eigenvalue weighted by atomic mass is 32.2. The molecule has 0 saturated carbocycles. The van der Waals surface area contributed by atoms with E-state index in [1.165, 1.54) is 11.2 Å². The second kappa shape index (κ2) is 5.78. The van der Waals surface area contributed by atoms with Crippen LogP contribution in [0.5, 0.6) is 0 Å². The Balaban J connectivity index is 1.94. The molecule has 0 amide bonds. The molecule has 1 aliphatic rings. The van der Waals surface area contributed by atoms with Gasteiger partial charge in [0.05, 0.1) is 0 Å². The molecule has 1 aromatic carbocycles. The summed E-state index contributed by atoms with van der Waals surface area (Å²) in [5.41, 5.74) is -0.455. The maximum Gasteiger partial charge on any atom is 0.325 e. The van der Waals surface area contributed by atoms with Gasteiger partial charge in [-0.05, 0) is 24.8 Å². The minimum Gasteiger partial charge on any atom is -0.310 e. The Labute approximate surface area is 133 Å². The Kier molecular flexibility index (Phi) is 3.95. The Morgan fingerprint density at radius 2 is 1.83 bits per heavy atom. The highest BCUT2D eigenvalue weighted by Crippen LogP contribution is 2.30. The zero-order valence-corrected chi connectivity index (χ0v) is 13.4. The van der Waals surface area contributed by atoms with E-state index in [4.69, 9.17) is 0 Å². The Bertz CT molecular complexity index is 931. The van der Waals surface area contributed by atoms with E-state index >= 15 is 0 Å². The molecule has 1 atom stereocenters. The van der Waals surface area contributed by atoms with Gasteiger partial charge in [0, 0.05) is 18.8 Å². The lowest BCUT2D eigenvalue weighted by molar-refractivity contribution is 0.470. The monoisotopic (exact) mass is 335 g/mol. The molecule has 1 fully saturated rings. The predicted octanol–water partition coefficient (Wildman–Crippen LogP) is 0.550. The van der Waals surface area contributed by atoms with Crippen LogP contribution in [0.4, 0.5) is 0 Å². The topological polar surface area (TPSA) is 103 Å². The summed E-state index contributed by atoms with van der Waals surface area (Å²) in [5.74, 6) is 0.105. The number of sulfonamides is 1. The van der Waals surface area contributed by atoms with Gasteiger partial charge in [-0.1, -0.05) is 30.3 Å². The van der Waals surface area contributed by atoms with Crippen LogP contribution in [0.3, 0.4) is 0 Å². The first-order valence-corrected chi connectivity index (χ1v) is 8.72. The molecule has 7 nitrogen and oxygen atoms in total. The maximum absolute atomic E-state index is 12.7. The number of benzene rings is 1. The molecule has 1 aromatic heterocycles. The summed E-state index contributed by atoms with van der Waals surface area (Å²) in [6, 6.07) is 9.69. The fourth-order valence-electron chi connectivity index (χ4n) is 2.97. The third-order valence-corrected chi connectivity index (χ3v) is 6.11. The number of H-pyrrole nitrogens is 2. The minimum atomic E-state index is -3.94. The summed E-state index contributed by atoms with van der Waals surface area (Å²) < 4.78 is 26.8. The Hall–Kier alpha value is -2.19. The molecule has 3 rings (SSSR count). The molecule has 2 aromatic rings. The van der Waals surface area contributed by atoms with Gasteiger partial charge >= 0.3 is 5.69 Å². The highest BCUT2D eigenvalue weighted by molar-refractivity contribution is 7.89. The molecule has 1 aliphatic heterocycles. The molecule has 0 aliphatic carbocycles. The number of hydrogen-bond acceptors (Lipinski definition) is 4. The van der Waals surface area contributed by atoms with Crippen LogP contribution in [0, 0.1) is 6.92 Å². The van der Waals surface area contributed by atoms with E-state index in [1.54, 1.807) is 0 Å². The first-order chi connectivity index (χ1) is 10.9. The molecule has 23 heavy (non-hydrogen) atoms. The second-order valence-corrected chi connectivity index (χ2v) is 7.50. The third kappa shape index (κ3) is 2.87. The fourth-order valence-corrected chi connectivity index (χ4v) is 4.68. The molecule has 2 heterocycles. The minimum absolute atomic E-state index is 0.0573. The smallest absolute Gasteiger partial charge is 0.310 e. The van der Waals surface area contributed by atoms with E-state index in [-0.39, 0.29) is 16.5 Å². The van der Waals surface area contributed by atoms with E-state index < -0.39 is 21.3 Å². The third-order valence-electron chi connectivity index (χ3n) is 4.09. The molecule has 0 spiro atoms. The largest absolute Gasteiger partial charge is 0.325 e. The van der Waals surface area contributed by atoms with Crippen molar-refractivity contribution in [3.05, 3.63) is 62.4 Å². The van der Waals surface area contributed by atoms with Gasteiger partial charge in [-0.15, -0.1) is 0 Å². The van der Waals surface area contributed by atoms with E-state index in [0.29, 0.717) is 19.5 Å². The molecule has 1 saturated heterocycles. The quantitative estimate of drug-likeness (QED) is 0.855. The summed E-state index contributed by atoms with van der Waals surface area (Å²) in [4.78, 5) is 27.1. The zero-order valence-electron chi connectivity index (χ0n) is 12.6. The van der Waals surface area contributed by atoms with Crippen molar-refractivity contribution in [2.24, 2.45) is 0 Å². The van der Waals surface area contributed by atoms with E-state index in [2.05, 4.69) is 4.98 Å². The Morgan fingerprint density at radius 3 is 2.48 bits per heavy atom. The number of nitrogens with zero attached hydrogens (tertiary/aromatic N) is 1. The van der Waals surface area contributed by atoms with Crippen molar-refractivity contribution in [2.75, 3.05) is 13.1 Å². The first kappa shape index (κ1) is 15.7. The van der Waals surface area contributed by atoms with Crippen molar-refractivity contribution >= 4 is 10.0 Å². The van der Waals surface area contributed by atoms with Gasteiger partial charge < -0.3 is 4.98 Å². The highest BCUT2D eigenvalue weighted by Gasteiger charge is 2.35. The van der Waals surface area contributed by atoms with Gasteiger partial charge in [0.15, 0.2) is 4.90 Å². The van der Waals surface area contributed by atoms with Crippen molar-refractivity contribution in [2.45, 2.75) is 24.2 Å². The summed E-state index contributed by atoms with van der Waals surface area (Å²) in [6.07, 6.45) is 0.698. The van der Waals surface area contributed by atoms with Gasteiger partial charge in [0.1, 0.15) is 0 Å². The molecule has 1 unspecified atom stereocenters. The van der Waals surface area contributed by atoms with Crippen molar-refractivity contribution in [3.8, 4) is 0 Å². The molecule has 0 bridgehead atoms. The lowest BCUT2D eigenvalue weighted by Crippen LogP contribution is -2.36. The maximum atomic E-state index is 12.7. The van der Waals surface area contributed by atoms with Crippen LogP contribution in [0.2, 0.25) is 0 Å². The van der Waals surface area contributed by atoms with Gasteiger partial charge in [0.2, 0.25) is 10.0 Å². The normalized spacial score (nSPS) is 19.1. The zero-order chi connectivity index (χ0) is 16.6. The lowest BCUT2D eigenvalue weighted by Gasteiger charge is -2.17. The summed E-state index contributed by atoms with van der Waals surface area (Å²) in [5, 5.41) is 0. The predicted molar refractivity (Wildman–Crippen MR) is 85.0 cm³/mol. The van der Waals surface area contributed by atoms with Gasteiger partial charge in [-0.2, -0.15) is 4.31 Å². The van der Waals surface area contributed by atoms with Gasteiger partial charge in [0.25, 0.3) is 5.56 Å². The van der Waals surface area contributed by atoms with Gasteiger partial charge in [-0.3, -0.25) is 9.78 Å². The molecule has 122 valence electrons. The molecule has 8 heteroatoms. The average molecular weight is 335 g/mol. The number of hydrogen-bond donors (Lipinski definition) is 2. The van der Waals surface area contributed by atoms with Gasteiger partial charge in [-0.25, -0.2) is 13.2 Å². The molecule has 2 N–H and O–H groups in total. The summed E-state index contributed by atoms with van der Waals surface area (Å²) >= 11 is 0. The summed E-state index contributed by atoms with van der Waals surface area (Å²) in [7, 11) is -3.94. The van der Waals surface area contributed by atoms with Crippen LogP contribution < -0.4 is 11.2 Å². The standard InChI is InChI=1S/C15H17N3O4S/c1-10-13(14(19)17-15(20)16-10)23(21,22)18-8-7-12(9-18)11-5-3-2-4-6-11/h2-6,12H,7-9H2,1H3,(H2,16,17,19,20). The Morgan fingerprint density at radius 1 is 1.13 bits per heavy atom. The van der Waals surface area contributed by atoms with Crippen molar-refractivity contribution in [1.29, 1.82) is 0 Å². The van der Waals surface area contributed by atoms with Crippen LogP contribution in [-0.2, 0) is 10.0 Å². The first-order valence-electron chi connectivity index (χ1n) is 7.28.